The predicted octanol–water partition coefficient (Wildman–Crippen LogP) is 3.03. The van der Waals surface area contributed by atoms with Crippen molar-refractivity contribution in [1.82, 2.24) is 5.32 Å². The lowest BCUT2D eigenvalue weighted by molar-refractivity contribution is -0.138. The Hall–Kier alpha value is -2.07. The highest BCUT2D eigenvalue weighted by Gasteiger charge is 2.32. The molecule has 0 aliphatic carbocycles. The molecule has 2 rings (SSSR count). The van der Waals surface area contributed by atoms with E-state index in [0.717, 1.165) is 28.2 Å². The minimum atomic E-state index is -1.04. The standard InChI is InChI=1S/C17H20BrN3O5S/c1-3-5-26-13-7-11(18)10(6-12(13)25-4-2)9-19-21-17-20-16(24)14(27-17)8-15(22)23/h6-7,9,14H,3-5,8H2,1-2H3,(H,22,23)(H,20,21,24). The summed E-state index contributed by atoms with van der Waals surface area (Å²) in [5.74, 6) is -0.170. The van der Waals surface area contributed by atoms with Gasteiger partial charge in [0.1, 0.15) is 5.25 Å². The van der Waals surface area contributed by atoms with Crippen LogP contribution in [0.4, 0.5) is 0 Å². The summed E-state index contributed by atoms with van der Waals surface area (Å²) in [5, 5.41) is 18.8. The van der Waals surface area contributed by atoms with Crippen molar-refractivity contribution in [2.75, 3.05) is 13.2 Å². The van der Waals surface area contributed by atoms with Gasteiger partial charge < -0.3 is 19.9 Å². The first kappa shape index (κ1) is 21.2. The number of ether oxygens (including phenoxy) is 2. The average molecular weight is 458 g/mol. The van der Waals surface area contributed by atoms with Crippen molar-refractivity contribution in [2.24, 2.45) is 10.2 Å². The summed E-state index contributed by atoms with van der Waals surface area (Å²) in [6.07, 6.45) is 2.14. The second-order valence-electron chi connectivity index (χ2n) is 5.45. The second-order valence-corrected chi connectivity index (χ2v) is 7.49. The van der Waals surface area contributed by atoms with Gasteiger partial charge in [0, 0.05) is 10.0 Å². The van der Waals surface area contributed by atoms with E-state index in [-0.39, 0.29) is 17.5 Å². The van der Waals surface area contributed by atoms with Crippen molar-refractivity contribution >= 4 is 51.0 Å². The molecule has 1 saturated heterocycles. The van der Waals surface area contributed by atoms with Gasteiger partial charge in [0.25, 0.3) is 0 Å². The fourth-order valence-electron chi connectivity index (χ4n) is 2.13. The molecular formula is C17H20BrN3O5S. The molecule has 8 nitrogen and oxygen atoms in total. The highest BCUT2D eigenvalue weighted by molar-refractivity contribution is 9.10. The average Bonchev–Trinajstić information content (AvgIpc) is 2.95. The number of amidine groups is 1. The molecule has 2 N–H and O–H groups in total. The molecule has 1 aliphatic heterocycles. The molecule has 1 unspecified atom stereocenters. The van der Waals surface area contributed by atoms with Crippen LogP contribution < -0.4 is 14.8 Å². The van der Waals surface area contributed by atoms with Crippen LogP contribution in [0.2, 0.25) is 0 Å². The number of benzene rings is 1. The van der Waals surface area contributed by atoms with Gasteiger partial charge in [-0.2, -0.15) is 5.10 Å². The van der Waals surface area contributed by atoms with Crippen molar-refractivity contribution in [3.8, 4) is 11.5 Å². The monoisotopic (exact) mass is 457 g/mol. The number of carbonyl (C=O) groups is 2. The molecule has 0 aromatic heterocycles. The third kappa shape index (κ3) is 6.24. The lowest BCUT2D eigenvalue weighted by atomic mass is 10.2. The first-order chi connectivity index (χ1) is 12.9. The lowest BCUT2D eigenvalue weighted by Crippen LogP contribution is -2.26. The SMILES string of the molecule is CCCOc1cc(Br)c(C=NN=C2NC(=O)C(CC(=O)O)S2)cc1OCC. The van der Waals surface area contributed by atoms with Gasteiger partial charge in [-0.3, -0.25) is 9.59 Å². The Bertz CT molecular complexity index is 769. The molecule has 146 valence electrons. The molecule has 0 spiro atoms. The molecule has 1 aliphatic rings. The van der Waals surface area contributed by atoms with E-state index in [1.54, 1.807) is 6.07 Å². The van der Waals surface area contributed by atoms with Crippen LogP contribution >= 0.6 is 27.7 Å². The Labute approximate surface area is 169 Å². The van der Waals surface area contributed by atoms with Gasteiger partial charge in [-0.1, -0.05) is 18.7 Å². The number of rotatable bonds is 9. The number of nitrogens with one attached hydrogen (secondary N) is 1. The third-order valence-electron chi connectivity index (χ3n) is 3.31. The van der Waals surface area contributed by atoms with Gasteiger partial charge in [0.15, 0.2) is 16.7 Å². The molecule has 0 bridgehead atoms. The van der Waals surface area contributed by atoms with Gasteiger partial charge in [-0.05, 0) is 41.4 Å². The molecular weight excluding hydrogens is 438 g/mol. The summed E-state index contributed by atoms with van der Waals surface area (Å²) in [5.41, 5.74) is 0.725. The smallest absolute Gasteiger partial charge is 0.305 e. The lowest BCUT2D eigenvalue weighted by Gasteiger charge is -2.13. The molecule has 1 fully saturated rings. The Balaban J connectivity index is 2.13. The van der Waals surface area contributed by atoms with E-state index in [4.69, 9.17) is 14.6 Å². The number of hydrogen-bond acceptors (Lipinski definition) is 7. The van der Waals surface area contributed by atoms with Crippen molar-refractivity contribution in [1.29, 1.82) is 0 Å². The number of carboxylic acids is 1. The topological polar surface area (TPSA) is 110 Å². The highest BCUT2D eigenvalue weighted by Crippen LogP contribution is 2.33. The van der Waals surface area contributed by atoms with Crippen LogP contribution in [0.3, 0.4) is 0 Å². The number of aliphatic carboxylic acids is 1. The summed E-state index contributed by atoms with van der Waals surface area (Å²) < 4.78 is 12.1. The fraction of sp³-hybridized carbons (Fsp3) is 0.412. The Morgan fingerprint density at radius 1 is 1.37 bits per heavy atom. The molecule has 1 amide bonds. The summed E-state index contributed by atoms with van der Waals surface area (Å²) in [6.45, 7) is 4.99. The minimum Gasteiger partial charge on any atom is -0.490 e. The largest absolute Gasteiger partial charge is 0.490 e. The zero-order valence-corrected chi connectivity index (χ0v) is 17.3. The number of carbonyl (C=O) groups excluding carboxylic acids is 1. The van der Waals surface area contributed by atoms with Gasteiger partial charge in [-0.25, -0.2) is 0 Å². The Morgan fingerprint density at radius 2 is 2.11 bits per heavy atom. The van der Waals surface area contributed by atoms with Crippen LogP contribution in [-0.2, 0) is 9.59 Å². The Kier molecular flexibility index (Phi) is 8.11. The summed E-state index contributed by atoms with van der Waals surface area (Å²) in [7, 11) is 0. The van der Waals surface area contributed by atoms with E-state index >= 15 is 0 Å². The molecule has 1 aromatic rings. The van der Waals surface area contributed by atoms with E-state index in [9.17, 15) is 9.59 Å². The summed E-state index contributed by atoms with van der Waals surface area (Å²) in [6, 6.07) is 3.60. The van der Waals surface area contributed by atoms with Gasteiger partial charge in [0.2, 0.25) is 5.91 Å². The van der Waals surface area contributed by atoms with Crippen LogP contribution in [0.1, 0.15) is 32.3 Å². The molecule has 1 aromatic carbocycles. The van der Waals surface area contributed by atoms with E-state index in [1.165, 1.54) is 6.21 Å². The van der Waals surface area contributed by atoms with E-state index in [2.05, 4.69) is 31.4 Å². The number of amides is 1. The van der Waals surface area contributed by atoms with Crippen LogP contribution in [0.25, 0.3) is 0 Å². The van der Waals surface area contributed by atoms with Crippen molar-refractivity contribution in [2.45, 2.75) is 31.9 Å². The van der Waals surface area contributed by atoms with Gasteiger partial charge >= 0.3 is 5.97 Å². The number of carboxylic acid groups (broad SMARTS) is 1. The molecule has 1 heterocycles. The normalized spacial score (nSPS) is 18.1. The van der Waals surface area contributed by atoms with Crippen molar-refractivity contribution in [3.63, 3.8) is 0 Å². The van der Waals surface area contributed by atoms with Gasteiger partial charge in [0.05, 0.1) is 25.8 Å². The number of nitrogens with zero attached hydrogens (tertiary/aromatic N) is 2. The van der Waals surface area contributed by atoms with Crippen molar-refractivity contribution in [3.05, 3.63) is 22.2 Å². The second kappa shape index (κ2) is 10.3. The first-order valence-corrected chi connectivity index (χ1v) is 10.0. The van der Waals surface area contributed by atoms with Crippen LogP contribution in [0, 0.1) is 0 Å². The first-order valence-electron chi connectivity index (χ1n) is 8.34. The number of halogens is 1. The zero-order chi connectivity index (χ0) is 19.8. The van der Waals surface area contributed by atoms with Gasteiger partial charge in [-0.15, -0.1) is 5.10 Å². The van der Waals surface area contributed by atoms with Crippen LogP contribution in [-0.4, -0.2) is 46.8 Å². The van der Waals surface area contributed by atoms with E-state index < -0.39 is 11.2 Å². The van der Waals surface area contributed by atoms with Crippen LogP contribution in [0.15, 0.2) is 26.8 Å². The molecule has 10 heteroatoms. The zero-order valence-electron chi connectivity index (χ0n) is 14.9. The maximum atomic E-state index is 11.7. The maximum absolute atomic E-state index is 11.7. The molecule has 1 atom stereocenters. The predicted molar refractivity (Wildman–Crippen MR) is 108 cm³/mol. The number of hydrogen-bond donors (Lipinski definition) is 2. The van der Waals surface area contributed by atoms with E-state index in [1.807, 2.05) is 19.9 Å². The molecule has 0 saturated carbocycles. The minimum absolute atomic E-state index is 0.262. The van der Waals surface area contributed by atoms with E-state index in [0.29, 0.717) is 24.7 Å². The Morgan fingerprint density at radius 3 is 2.78 bits per heavy atom. The highest BCUT2D eigenvalue weighted by atomic mass is 79.9. The number of thioether (sulfide) groups is 1. The summed E-state index contributed by atoms with van der Waals surface area (Å²) in [4.78, 5) is 22.4. The molecule has 0 radical (unpaired) electrons. The van der Waals surface area contributed by atoms with Crippen molar-refractivity contribution < 1.29 is 24.2 Å². The maximum Gasteiger partial charge on any atom is 0.305 e. The fourth-order valence-corrected chi connectivity index (χ4v) is 3.47. The molecule has 27 heavy (non-hydrogen) atoms. The van der Waals surface area contributed by atoms with Crippen LogP contribution in [0.5, 0.6) is 11.5 Å². The summed E-state index contributed by atoms with van der Waals surface area (Å²) >= 11 is 4.52. The quantitative estimate of drug-likeness (QED) is 0.435. The third-order valence-corrected chi connectivity index (χ3v) is 5.07.